The van der Waals surface area contributed by atoms with Crippen molar-refractivity contribution in [1.29, 1.82) is 0 Å². The summed E-state index contributed by atoms with van der Waals surface area (Å²) in [5, 5.41) is 2.30. The number of methoxy groups -OCH3 is 1. The minimum atomic E-state index is -0.656. The van der Waals surface area contributed by atoms with Crippen LogP contribution in [0.15, 0.2) is 23.9 Å². The van der Waals surface area contributed by atoms with Gasteiger partial charge < -0.3 is 19.5 Å². The first-order valence-corrected chi connectivity index (χ1v) is 6.05. The second kappa shape index (κ2) is 5.75. The molecular weight excluding hydrogens is 318 g/mol. The van der Waals surface area contributed by atoms with Gasteiger partial charge in [-0.15, -0.1) is 0 Å². The summed E-state index contributed by atoms with van der Waals surface area (Å²) in [4.78, 5) is 22.1. The van der Waals surface area contributed by atoms with Gasteiger partial charge >= 0.3 is 5.97 Å². The highest BCUT2D eigenvalue weighted by molar-refractivity contribution is 9.15. The molecule has 19 heavy (non-hydrogen) atoms. The lowest BCUT2D eigenvalue weighted by atomic mass is 10.1. The first kappa shape index (κ1) is 13.4. The third kappa shape index (κ3) is 2.70. The van der Waals surface area contributed by atoms with E-state index < -0.39 is 5.97 Å². The molecule has 1 aliphatic rings. The number of carbonyl (C=O) groups excluding carboxylic acids is 2. The van der Waals surface area contributed by atoms with E-state index in [-0.39, 0.29) is 12.5 Å². The first-order chi connectivity index (χ1) is 9.17. The lowest BCUT2D eigenvalue weighted by Crippen LogP contribution is -2.21. The number of fused-ring (bicyclic) bond motifs is 1. The van der Waals surface area contributed by atoms with Gasteiger partial charge in [0, 0.05) is 0 Å². The molecule has 0 unspecified atom stereocenters. The van der Waals surface area contributed by atoms with Gasteiger partial charge in [0.15, 0.2) is 11.5 Å². The third-order valence-electron chi connectivity index (χ3n) is 2.44. The monoisotopic (exact) mass is 327 g/mol. The molecule has 6 nitrogen and oxygen atoms in total. The van der Waals surface area contributed by atoms with Crippen LogP contribution in [0.5, 0.6) is 11.5 Å². The maximum absolute atomic E-state index is 11.6. The average molecular weight is 328 g/mol. The van der Waals surface area contributed by atoms with E-state index in [2.05, 4.69) is 26.0 Å². The summed E-state index contributed by atoms with van der Waals surface area (Å²) in [6.07, 6.45) is 0.403. The Labute approximate surface area is 117 Å². The van der Waals surface area contributed by atoms with Gasteiger partial charge in [-0.1, -0.05) is 0 Å². The summed E-state index contributed by atoms with van der Waals surface area (Å²) in [5.41, 5.74) is 0.662. The fourth-order valence-electron chi connectivity index (χ4n) is 1.55. The highest BCUT2D eigenvalue weighted by Crippen LogP contribution is 2.36. The number of benzene rings is 1. The first-order valence-electron chi connectivity index (χ1n) is 5.25. The Morgan fingerprint density at radius 2 is 2.16 bits per heavy atom. The number of hydrogen-bond acceptors (Lipinski definition) is 5. The van der Waals surface area contributed by atoms with E-state index in [0.717, 1.165) is 0 Å². The predicted molar refractivity (Wildman–Crippen MR) is 69.6 cm³/mol. The van der Waals surface area contributed by atoms with Crippen molar-refractivity contribution >= 4 is 32.8 Å². The Hall–Kier alpha value is -2.02. The van der Waals surface area contributed by atoms with E-state index in [9.17, 15) is 9.59 Å². The van der Waals surface area contributed by atoms with E-state index in [1.165, 1.54) is 7.11 Å². The van der Waals surface area contributed by atoms with E-state index in [1.807, 2.05) is 0 Å². The Morgan fingerprint density at radius 3 is 2.84 bits per heavy atom. The molecule has 2 rings (SSSR count). The molecule has 0 spiro atoms. The standard InChI is InChI=1S/C12H10BrNO5/c1-17-12(16)11(14-5-15)10(13)7-2-3-8-9(4-7)19-6-18-8/h2-5H,6H2,1H3,(H,14,15)/b11-10-. The summed E-state index contributed by atoms with van der Waals surface area (Å²) in [7, 11) is 1.23. The van der Waals surface area contributed by atoms with Gasteiger partial charge in [0.05, 0.1) is 11.6 Å². The van der Waals surface area contributed by atoms with Crippen molar-refractivity contribution in [3.63, 3.8) is 0 Å². The molecule has 0 saturated carbocycles. The summed E-state index contributed by atoms with van der Waals surface area (Å²) < 4.78 is 15.4. The Bertz CT molecular complexity index is 555. The van der Waals surface area contributed by atoms with Gasteiger partial charge in [-0.2, -0.15) is 0 Å². The van der Waals surface area contributed by atoms with Crippen molar-refractivity contribution in [2.45, 2.75) is 0 Å². The zero-order valence-electron chi connectivity index (χ0n) is 9.94. The fraction of sp³-hybridized carbons (Fsp3) is 0.167. The van der Waals surface area contributed by atoms with Crippen molar-refractivity contribution in [2.24, 2.45) is 0 Å². The maximum atomic E-state index is 11.6. The lowest BCUT2D eigenvalue weighted by molar-refractivity contribution is -0.137. The number of rotatable bonds is 4. The van der Waals surface area contributed by atoms with E-state index in [1.54, 1.807) is 18.2 Å². The summed E-state index contributed by atoms with van der Waals surface area (Å²) in [6.45, 7) is 0.163. The number of ether oxygens (including phenoxy) is 3. The van der Waals surface area contributed by atoms with Crippen LogP contribution in [-0.4, -0.2) is 26.3 Å². The normalized spacial score (nSPS) is 13.6. The number of carbonyl (C=O) groups is 2. The van der Waals surface area contributed by atoms with Gasteiger partial charge in [0.25, 0.3) is 0 Å². The van der Waals surface area contributed by atoms with Crippen LogP contribution < -0.4 is 14.8 Å². The van der Waals surface area contributed by atoms with Gasteiger partial charge in [-0.05, 0) is 39.7 Å². The summed E-state index contributed by atoms with van der Waals surface area (Å²) in [5.74, 6) is 0.549. The molecule has 0 atom stereocenters. The molecule has 1 heterocycles. The SMILES string of the molecule is COC(=O)/C(NC=O)=C(/Br)c1ccc2c(c1)OCO2. The predicted octanol–water partition coefficient (Wildman–Crippen LogP) is 1.40. The Balaban J connectivity index is 2.42. The Kier molecular flexibility index (Phi) is 4.06. The molecule has 1 amide bonds. The number of nitrogens with one attached hydrogen (secondary N) is 1. The van der Waals surface area contributed by atoms with Gasteiger partial charge in [0.1, 0.15) is 5.70 Å². The van der Waals surface area contributed by atoms with Crippen LogP contribution in [0.3, 0.4) is 0 Å². The number of amides is 1. The van der Waals surface area contributed by atoms with Gasteiger partial charge in [-0.25, -0.2) is 4.79 Å². The Morgan fingerprint density at radius 1 is 1.42 bits per heavy atom. The maximum Gasteiger partial charge on any atom is 0.355 e. The molecule has 0 saturated heterocycles. The topological polar surface area (TPSA) is 73.9 Å². The molecule has 7 heteroatoms. The summed E-state index contributed by atoms with van der Waals surface area (Å²) >= 11 is 3.26. The van der Waals surface area contributed by atoms with Crippen LogP contribution in [-0.2, 0) is 14.3 Å². The molecule has 0 radical (unpaired) electrons. The molecule has 0 bridgehead atoms. The van der Waals surface area contributed by atoms with Gasteiger partial charge in [0.2, 0.25) is 13.2 Å². The molecule has 1 aromatic rings. The molecule has 0 fully saturated rings. The summed E-state index contributed by atoms with van der Waals surface area (Å²) in [6, 6.07) is 5.14. The largest absolute Gasteiger partial charge is 0.464 e. The minimum absolute atomic E-state index is 0.0105. The highest BCUT2D eigenvalue weighted by Gasteiger charge is 2.19. The molecule has 0 aliphatic carbocycles. The van der Waals surface area contributed by atoms with Crippen molar-refractivity contribution < 1.29 is 23.8 Å². The third-order valence-corrected chi connectivity index (χ3v) is 3.29. The van der Waals surface area contributed by atoms with Crippen molar-refractivity contribution in [3.05, 3.63) is 29.5 Å². The quantitative estimate of drug-likeness (QED) is 0.514. The fourth-order valence-corrected chi connectivity index (χ4v) is 2.07. The zero-order chi connectivity index (χ0) is 13.8. The van der Waals surface area contributed by atoms with Crippen LogP contribution >= 0.6 is 15.9 Å². The number of esters is 1. The van der Waals surface area contributed by atoms with E-state index in [0.29, 0.717) is 28.0 Å². The van der Waals surface area contributed by atoms with Crippen molar-refractivity contribution in [3.8, 4) is 11.5 Å². The van der Waals surface area contributed by atoms with Gasteiger partial charge in [-0.3, -0.25) is 4.79 Å². The molecule has 0 aromatic heterocycles. The van der Waals surface area contributed by atoms with Crippen LogP contribution in [0.1, 0.15) is 5.56 Å². The van der Waals surface area contributed by atoms with Crippen LogP contribution in [0, 0.1) is 0 Å². The zero-order valence-corrected chi connectivity index (χ0v) is 11.5. The molecular formula is C12H10BrNO5. The molecule has 1 N–H and O–H groups in total. The van der Waals surface area contributed by atoms with Crippen molar-refractivity contribution in [1.82, 2.24) is 5.32 Å². The van der Waals surface area contributed by atoms with E-state index >= 15 is 0 Å². The van der Waals surface area contributed by atoms with Crippen LogP contribution in [0.25, 0.3) is 4.48 Å². The molecule has 1 aliphatic heterocycles. The van der Waals surface area contributed by atoms with Crippen molar-refractivity contribution in [2.75, 3.05) is 13.9 Å². The molecule has 100 valence electrons. The number of hydrogen-bond donors (Lipinski definition) is 1. The van der Waals surface area contributed by atoms with Crippen LogP contribution in [0.4, 0.5) is 0 Å². The number of halogens is 1. The second-order valence-corrected chi connectivity index (χ2v) is 4.30. The van der Waals surface area contributed by atoms with E-state index in [4.69, 9.17) is 9.47 Å². The second-order valence-electron chi connectivity index (χ2n) is 3.51. The molecule has 1 aromatic carbocycles. The smallest absolute Gasteiger partial charge is 0.355 e. The lowest BCUT2D eigenvalue weighted by Gasteiger charge is -2.08. The highest BCUT2D eigenvalue weighted by atomic mass is 79.9. The van der Waals surface area contributed by atoms with Crippen LogP contribution in [0.2, 0.25) is 0 Å². The average Bonchev–Trinajstić information content (AvgIpc) is 2.90. The minimum Gasteiger partial charge on any atom is -0.464 e.